The summed E-state index contributed by atoms with van der Waals surface area (Å²) in [5, 5.41) is 0.457. The molecular weight excluding hydrogens is 542 g/mol. The molecule has 0 bridgehead atoms. The van der Waals surface area contributed by atoms with Gasteiger partial charge in [-0.2, -0.15) is 0 Å². The van der Waals surface area contributed by atoms with Gasteiger partial charge >= 0.3 is 0 Å². The topological polar surface area (TPSA) is 60.9 Å². The van der Waals surface area contributed by atoms with E-state index in [2.05, 4.69) is 17.0 Å². The van der Waals surface area contributed by atoms with Crippen molar-refractivity contribution in [1.29, 1.82) is 0 Å². The van der Waals surface area contributed by atoms with Gasteiger partial charge in [0, 0.05) is 43.3 Å². The maximum absolute atomic E-state index is 13.7. The summed E-state index contributed by atoms with van der Waals surface area (Å²) in [4.78, 5) is 17.7. The normalized spacial score (nSPS) is 14.2. The van der Waals surface area contributed by atoms with Crippen LogP contribution in [0.3, 0.4) is 0 Å². The lowest BCUT2D eigenvalue weighted by Gasteiger charge is -2.34. The molecule has 1 heterocycles. The van der Waals surface area contributed by atoms with Crippen LogP contribution in [0.5, 0.6) is 0 Å². The number of carbonyl (C=O) groups excluding carboxylic acids is 1. The van der Waals surface area contributed by atoms with Crippen LogP contribution < -0.4 is 4.31 Å². The third kappa shape index (κ3) is 6.39. The van der Waals surface area contributed by atoms with Gasteiger partial charge in [0.05, 0.1) is 17.1 Å². The Morgan fingerprint density at radius 1 is 0.800 bits per heavy atom. The van der Waals surface area contributed by atoms with Crippen LogP contribution in [0.2, 0.25) is 5.02 Å². The van der Waals surface area contributed by atoms with Crippen LogP contribution in [0.25, 0.3) is 0 Å². The van der Waals surface area contributed by atoms with Crippen molar-refractivity contribution >= 4 is 33.2 Å². The maximum Gasteiger partial charge on any atom is 0.264 e. The number of hydrogen-bond donors (Lipinski definition) is 0. The number of halogens is 1. The van der Waals surface area contributed by atoms with Crippen LogP contribution in [0.15, 0.2) is 108 Å². The van der Waals surface area contributed by atoms with Gasteiger partial charge in [-0.25, -0.2) is 8.42 Å². The zero-order valence-electron chi connectivity index (χ0n) is 22.4. The minimum atomic E-state index is -3.87. The van der Waals surface area contributed by atoms with Crippen molar-refractivity contribution in [3.05, 3.63) is 130 Å². The Hall–Kier alpha value is -3.65. The molecule has 5 rings (SSSR count). The third-order valence-electron chi connectivity index (χ3n) is 7.21. The van der Waals surface area contributed by atoms with Crippen molar-refractivity contribution in [3.63, 3.8) is 0 Å². The van der Waals surface area contributed by atoms with Crippen molar-refractivity contribution in [2.45, 2.75) is 24.9 Å². The first-order valence-electron chi connectivity index (χ1n) is 13.3. The van der Waals surface area contributed by atoms with Gasteiger partial charge in [0.1, 0.15) is 0 Å². The van der Waals surface area contributed by atoms with E-state index >= 15 is 0 Å². The molecule has 4 aromatic carbocycles. The Morgan fingerprint density at radius 3 is 2.08 bits per heavy atom. The van der Waals surface area contributed by atoms with Crippen molar-refractivity contribution in [3.8, 4) is 0 Å². The Balaban J connectivity index is 1.30. The fraction of sp³-hybridized carbons (Fsp3) is 0.219. The summed E-state index contributed by atoms with van der Waals surface area (Å²) in [5.74, 6) is -0.00893. The average molecular weight is 574 g/mol. The molecule has 6 nitrogen and oxygen atoms in total. The van der Waals surface area contributed by atoms with E-state index < -0.39 is 10.0 Å². The molecule has 1 saturated heterocycles. The fourth-order valence-corrected chi connectivity index (χ4v) is 6.62. The Bertz CT molecular complexity index is 1550. The van der Waals surface area contributed by atoms with Crippen LogP contribution in [-0.4, -0.2) is 50.3 Å². The molecule has 0 unspecified atom stereocenters. The summed E-state index contributed by atoms with van der Waals surface area (Å²) >= 11 is 6.27. The summed E-state index contributed by atoms with van der Waals surface area (Å²) in [7, 11) is -3.87. The highest BCUT2D eigenvalue weighted by molar-refractivity contribution is 7.92. The first-order chi connectivity index (χ1) is 19.3. The van der Waals surface area contributed by atoms with E-state index in [9.17, 15) is 13.2 Å². The molecule has 8 heteroatoms. The number of sulfonamides is 1. The summed E-state index contributed by atoms with van der Waals surface area (Å²) in [5.41, 5.74) is 3.95. The van der Waals surface area contributed by atoms with E-state index in [1.807, 2.05) is 48.2 Å². The number of benzene rings is 4. The van der Waals surface area contributed by atoms with Gasteiger partial charge in [0.25, 0.3) is 15.9 Å². The highest BCUT2D eigenvalue weighted by Gasteiger charge is 2.27. The molecule has 1 aliphatic rings. The lowest BCUT2D eigenvalue weighted by atomic mass is 10.1. The standard InChI is InChI=1S/C32H32ClN3O3S/c1-25-12-17-29(33)22-31(25)36(40(38,39)30-10-6-3-7-11-30)24-27-13-15-28(16-14-27)32(37)35-20-18-34(19-21-35)23-26-8-4-2-5-9-26/h2-17,22H,18-21,23-24H2,1H3. The smallest absolute Gasteiger partial charge is 0.264 e. The van der Waals surface area contributed by atoms with E-state index in [0.29, 0.717) is 29.4 Å². The fourth-order valence-electron chi connectivity index (χ4n) is 4.92. The Labute approximate surface area is 241 Å². The summed E-state index contributed by atoms with van der Waals surface area (Å²) in [6, 6.07) is 31.2. The largest absolute Gasteiger partial charge is 0.336 e. The molecule has 0 saturated carbocycles. The van der Waals surface area contributed by atoms with Crippen molar-refractivity contribution in [2.24, 2.45) is 0 Å². The van der Waals surface area contributed by atoms with Crippen LogP contribution >= 0.6 is 11.6 Å². The molecule has 0 radical (unpaired) electrons. The first-order valence-corrected chi connectivity index (χ1v) is 15.1. The van der Waals surface area contributed by atoms with E-state index in [4.69, 9.17) is 11.6 Å². The molecule has 4 aromatic rings. The van der Waals surface area contributed by atoms with Gasteiger partial charge in [-0.1, -0.05) is 78.3 Å². The zero-order valence-corrected chi connectivity index (χ0v) is 24.0. The van der Waals surface area contributed by atoms with E-state index in [1.165, 1.54) is 9.87 Å². The van der Waals surface area contributed by atoms with Gasteiger partial charge in [-0.05, 0) is 60.0 Å². The van der Waals surface area contributed by atoms with E-state index in [1.54, 1.807) is 54.6 Å². The van der Waals surface area contributed by atoms with Gasteiger partial charge in [-0.3, -0.25) is 14.0 Å². The molecule has 0 aromatic heterocycles. The number of anilines is 1. The second-order valence-corrected chi connectivity index (χ2v) is 12.3. The van der Waals surface area contributed by atoms with Gasteiger partial charge < -0.3 is 4.90 Å². The molecule has 206 valence electrons. The number of aryl methyl sites for hydroxylation is 1. The summed E-state index contributed by atoms with van der Waals surface area (Å²) in [6.07, 6.45) is 0. The monoisotopic (exact) mass is 573 g/mol. The molecule has 1 amide bonds. The number of nitrogens with zero attached hydrogens (tertiary/aromatic N) is 3. The molecule has 0 N–H and O–H groups in total. The molecule has 0 aliphatic carbocycles. The van der Waals surface area contributed by atoms with Crippen molar-refractivity contribution < 1.29 is 13.2 Å². The minimum absolute atomic E-state index is 0.00893. The van der Waals surface area contributed by atoms with Crippen LogP contribution in [0.4, 0.5) is 5.69 Å². The van der Waals surface area contributed by atoms with E-state index in [0.717, 1.165) is 30.8 Å². The van der Waals surface area contributed by atoms with Gasteiger partial charge in [0.2, 0.25) is 0 Å². The molecule has 40 heavy (non-hydrogen) atoms. The molecule has 1 aliphatic heterocycles. The average Bonchev–Trinajstić information content (AvgIpc) is 2.98. The lowest BCUT2D eigenvalue weighted by molar-refractivity contribution is 0.0628. The summed E-state index contributed by atoms with van der Waals surface area (Å²) in [6.45, 7) is 5.83. The number of piperazine rings is 1. The lowest BCUT2D eigenvalue weighted by Crippen LogP contribution is -2.48. The Kier molecular flexibility index (Phi) is 8.54. The Morgan fingerprint density at radius 2 is 1.43 bits per heavy atom. The number of amides is 1. The van der Waals surface area contributed by atoms with Crippen LogP contribution in [-0.2, 0) is 23.1 Å². The number of rotatable bonds is 8. The van der Waals surface area contributed by atoms with Crippen molar-refractivity contribution in [2.75, 3.05) is 30.5 Å². The summed E-state index contributed by atoms with van der Waals surface area (Å²) < 4.78 is 28.9. The van der Waals surface area contributed by atoms with E-state index in [-0.39, 0.29) is 17.3 Å². The van der Waals surface area contributed by atoms with Gasteiger partial charge in [0.15, 0.2) is 0 Å². The second-order valence-electron chi connectivity index (χ2n) is 10.0. The highest BCUT2D eigenvalue weighted by atomic mass is 35.5. The van der Waals surface area contributed by atoms with Crippen molar-refractivity contribution in [1.82, 2.24) is 9.80 Å². The molecule has 0 spiro atoms. The van der Waals surface area contributed by atoms with Crippen LogP contribution in [0, 0.1) is 6.92 Å². The van der Waals surface area contributed by atoms with Gasteiger partial charge in [-0.15, -0.1) is 0 Å². The predicted molar refractivity (Wildman–Crippen MR) is 160 cm³/mol. The number of carbonyl (C=O) groups is 1. The molecular formula is C32H32ClN3O3S. The maximum atomic E-state index is 13.7. The predicted octanol–water partition coefficient (Wildman–Crippen LogP) is 6.00. The SMILES string of the molecule is Cc1ccc(Cl)cc1N(Cc1ccc(C(=O)N2CCN(Cc3ccccc3)CC2)cc1)S(=O)(=O)c1ccccc1. The quantitative estimate of drug-likeness (QED) is 0.259. The molecule has 1 fully saturated rings. The zero-order chi connectivity index (χ0) is 28.1. The minimum Gasteiger partial charge on any atom is -0.336 e. The third-order valence-corrected chi connectivity index (χ3v) is 9.22. The highest BCUT2D eigenvalue weighted by Crippen LogP contribution is 2.31. The van der Waals surface area contributed by atoms with Crippen LogP contribution in [0.1, 0.15) is 27.0 Å². The molecule has 0 atom stereocenters. The second kappa shape index (κ2) is 12.3. The first kappa shape index (κ1) is 27.9. The number of hydrogen-bond acceptors (Lipinski definition) is 4.